The number of nitro groups is 1. The lowest BCUT2D eigenvalue weighted by Gasteiger charge is -2.24. The Morgan fingerprint density at radius 2 is 2.00 bits per heavy atom. The monoisotopic (exact) mass is 376 g/mol. The van der Waals surface area contributed by atoms with Crippen LogP contribution < -0.4 is 11.0 Å². The van der Waals surface area contributed by atoms with Gasteiger partial charge >= 0.3 is 5.69 Å². The summed E-state index contributed by atoms with van der Waals surface area (Å²) in [5.41, 5.74) is 2.65. The second-order valence-electron chi connectivity index (χ2n) is 6.85. The molecule has 1 aliphatic heterocycles. The first-order valence-corrected chi connectivity index (χ1v) is 9.22. The molecule has 28 heavy (non-hydrogen) atoms. The fourth-order valence-electron chi connectivity index (χ4n) is 3.73. The molecule has 0 amide bonds. The van der Waals surface area contributed by atoms with Crippen LogP contribution in [0.1, 0.15) is 19.4 Å². The van der Waals surface area contributed by atoms with Gasteiger partial charge in [0.1, 0.15) is 0 Å². The van der Waals surface area contributed by atoms with E-state index >= 15 is 0 Å². The van der Waals surface area contributed by atoms with E-state index in [0.717, 1.165) is 30.6 Å². The van der Waals surface area contributed by atoms with Crippen LogP contribution in [0.25, 0.3) is 22.2 Å². The number of nitrogens with one attached hydrogen (secondary N) is 1. The zero-order valence-corrected chi connectivity index (χ0v) is 15.5. The van der Waals surface area contributed by atoms with Crippen molar-refractivity contribution in [2.75, 3.05) is 13.1 Å². The average Bonchev–Trinajstić information content (AvgIpc) is 2.73. The maximum Gasteiger partial charge on any atom is 0.349 e. The number of rotatable bonds is 4. The quantitative estimate of drug-likeness (QED) is 0.428. The molecule has 1 atom stereocenters. The number of benzene rings is 2. The van der Waals surface area contributed by atoms with Crippen LogP contribution in [0.2, 0.25) is 0 Å². The van der Waals surface area contributed by atoms with Crippen molar-refractivity contribution < 1.29 is 4.92 Å². The molecule has 1 N–H and O–H groups in total. The Morgan fingerprint density at radius 3 is 2.68 bits per heavy atom. The summed E-state index contributed by atoms with van der Waals surface area (Å²) in [6.07, 6.45) is 2.95. The molecule has 0 radical (unpaired) electrons. The van der Waals surface area contributed by atoms with Gasteiger partial charge in [0.2, 0.25) is 0 Å². The molecule has 0 bridgehead atoms. The van der Waals surface area contributed by atoms with E-state index in [1.54, 1.807) is 10.6 Å². The summed E-state index contributed by atoms with van der Waals surface area (Å²) in [4.78, 5) is 28.2. The number of hydrogen-bond acceptors (Lipinski definition) is 5. The maximum absolute atomic E-state index is 13.0. The molecule has 3 aromatic rings. The lowest BCUT2D eigenvalue weighted by Crippen LogP contribution is -2.30. The summed E-state index contributed by atoms with van der Waals surface area (Å²) in [5, 5.41) is 15.2. The Labute approximate surface area is 161 Å². The maximum atomic E-state index is 13.0. The van der Waals surface area contributed by atoms with Crippen LogP contribution in [-0.2, 0) is 0 Å². The predicted octanol–water partition coefficient (Wildman–Crippen LogP) is 3.45. The lowest BCUT2D eigenvalue weighted by molar-refractivity contribution is -0.384. The number of fused-ring (bicyclic) bond motifs is 1. The Balaban J connectivity index is 2.00. The van der Waals surface area contributed by atoms with Gasteiger partial charge in [-0.05, 0) is 31.5 Å². The van der Waals surface area contributed by atoms with Crippen LogP contribution in [0.5, 0.6) is 0 Å². The third-order valence-corrected chi connectivity index (χ3v) is 5.19. The molecule has 1 unspecified atom stereocenters. The lowest BCUT2D eigenvalue weighted by atomic mass is 10.0. The molecule has 4 rings (SSSR count). The smallest absolute Gasteiger partial charge is 0.313 e. The van der Waals surface area contributed by atoms with Gasteiger partial charge in [-0.25, -0.2) is 4.79 Å². The van der Waals surface area contributed by atoms with Crippen molar-refractivity contribution >= 4 is 16.6 Å². The van der Waals surface area contributed by atoms with Crippen molar-refractivity contribution in [2.24, 2.45) is 0 Å². The minimum Gasteiger partial charge on any atom is -0.313 e. The summed E-state index contributed by atoms with van der Waals surface area (Å²) in [6.45, 7) is 3.61. The standard InChI is InChI=1S/C21H20N4O3/c1-14(15-9-11-22-12-10-15)24-19-8-7-17(25(27)28)13-18(19)20(23-21(24)26)16-5-3-2-4-6-16/h2-9,13-14,22H,10-12H2,1H3. The minimum atomic E-state index is -0.428. The molecule has 1 aromatic heterocycles. The molecule has 0 fully saturated rings. The van der Waals surface area contributed by atoms with Crippen LogP contribution in [0.3, 0.4) is 0 Å². The fraction of sp³-hybridized carbons (Fsp3) is 0.238. The molecule has 7 nitrogen and oxygen atoms in total. The zero-order chi connectivity index (χ0) is 19.7. The van der Waals surface area contributed by atoms with Crippen LogP contribution in [0.15, 0.2) is 65.0 Å². The van der Waals surface area contributed by atoms with Gasteiger partial charge in [0.15, 0.2) is 0 Å². The first kappa shape index (κ1) is 18.1. The van der Waals surface area contributed by atoms with Gasteiger partial charge < -0.3 is 5.32 Å². The summed E-state index contributed by atoms with van der Waals surface area (Å²) in [5.74, 6) is 0. The van der Waals surface area contributed by atoms with Crippen LogP contribution in [0, 0.1) is 10.1 Å². The van der Waals surface area contributed by atoms with Crippen molar-refractivity contribution in [3.63, 3.8) is 0 Å². The van der Waals surface area contributed by atoms with E-state index in [9.17, 15) is 14.9 Å². The summed E-state index contributed by atoms with van der Waals surface area (Å²) >= 11 is 0. The molecule has 142 valence electrons. The molecule has 2 heterocycles. The van der Waals surface area contributed by atoms with E-state index in [-0.39, 0.29) is 17.4 Å². The summed E-state index contributed by atoms with van der Waals surface area (Å²) in [7, 11) is 0. The second kappa shape index (κ2) is 7.36. The van der Waals surface area contributed by atoms with Crippen molar-refractivity contribution in [1.82, 2.24) is 14.9 Å². The predicted molar refractivity (Wildman–Crippen MR) is 108 cm³/mol. The van der Waals surface area contributed by atoms with E-state index in [0.29, 0.717) is 16.6 Å². The van der Waals surface area contributed by atoms with Crippen molar-refractivity contribution in [2.45, 2.75) is 19.4 Å². The molecule has 0 saturated heterocycles. The van der Waals surface area contributed by atoms with E-state index in [1.165, 1.54) is 12.1 Å². The van der Waals surface area contributed by atoms with Gasteiger partial charge in [-0.3, -0.25) is 14.7 Å². The molecule has 7 heteroatoms. The van der Waals surface area contributed by atoms with Gasteiger partial charge in [0.25, 0.3) is 5.69 Å². The van der Waals surface area contributed by atoms with Gasteiger partial charge in [0, 0.05) is 29.6 Å². The van der Waals surface area contributed by atoms with Gasteiger partial charge in [-0.15, -0.1) is 0 Å². The summed E-state index contributed by atoms with van der Waals surface area (Å²) in [6, 6.07) is 13.7. The van der Waals surface area contributed by atoms with Crippen molar-refractivity contribution in [3.8, 4) is 11.3 Å². The molecular formula is C21H20N4O3. The van der Waals surface area contributed by atoms with Crippen molar-refractivity contribution in [3.05, 3.63) is 80.8 Å². The fourth-order valence-corrected chi connectivity index (χ4v) is 3.73. The van der Waals surface area contributed by atoms with Gasteiger partial charge in [-0.1, -0.05) is 36.4 Å². The molecule has 0 saturated carbocycles. The molecular weight excluding hydrogens is 356 g/mol. The minimum absolute atomic E-state index is 0.0228. The third-order valence-electron chi connectivity index (χ3n) is 5.19. The average molecular weight is 376 g/mol. The SMILES string of the molecule is CC(C1=CCNCC1)n1c(=O)nc(-c2ccccc2)c2cc([N+](=O)[O-])ccc21. The highest BCUT2D eigenvalue weighted by atomic mass is 16.6. The van der Waals surface area contributed by atoms with E-state index in [4.69, 9.17) is 0 Å². The highest BCUT2D eigenvalue weighted by molar-refractivity contribution is 5.94. The molecule has 0 aliphatic carbocycles. The number of hydrogen-bond donors (Lipinski definition) is 1. The Hall–Kier alpha value is -3.32. The zero-order valence-electron chi connectivity index (χ0n) is 15.5. The van der Waals surface area contributed by atoms with E-state index in [1.807, 2.05) is 37.3 Å². The van der Waals surface area contributed by atoms with Gasteiger partial charge in [-0.2, -0.15) is 4.98 Å². The largest absolute Gasteiger partial charge is 0.349 e. The first-order valence-electron chi connectivity index (χ1n) is 9.22. The van der Waals surface area contributed by atoms with Crippen LogP contribution in [0.4, 0.5) is 5.69 Å². The number of non-ortho nitro benzene ring substituents is 1. The van der Waals surface area contributed by atoms with Crippen LogP contribution >= 0.6 is 0 Å². The Bertz CT molecular complexity index is 1140. The highest BCUT2D eigenvalue weighted by Crippen LogP contribution is 2.31. The second-order valence-corrected chi connectivity index (χ2v) is 6.85. The number of aromatic nitrogens is 2. The van der Waals surface area contributed by atoms with E-state index < -0.39 is 4.92 Å². The number of nitro benzene ring substituents is 1. The normalized spacial score (nSPS) is 15.2. The summed E-state index contributed by atoms with van der Waals surface area (Å²) < 4.78 is 1.64. The number of nitrogens with zero attached hydrogens (tertiary/aromatic N) is 3. The van der Waals surface area contributed by atoms with Crippen molar-refractivity contribution in [1.29, 1.82) is 0 Å². The van der Waals surface area contributed by atoms with Gasteiger partial charge in [0.05, 0.1) is 22.2 Å². The Kier molecular flexibility index (Phi) is 4.75. The highest BCUT2D eigenvalue weighted by Gasteiger charge is 2.21. The molecule has 2 aromatic carbocycles. The Morgan fingerprint density at radius 1 is 1.21 bits per heavy atom. The molecule has 1 aliphatic rings. The first-order chi connectivity index (χ1) is 13.6. The van der Waals surface area contributed by atoms with E-state index in [2.05, 4.69) is 16.4 Å². The molecule has 0 spiro atoms. The van der Waals surface area contributed by atoms with Crippen LogP contribution in [-0.4, -0.2) is 27.6 Å². The topological polar surface area (TPSA) is 90.1 Å². The third kappa shape index (κ3) is 3.20.